The summed E-state index contributed by atoms with van der Waals surface area (Å²) in [5.41, 5.74) is 6.56. The first kappa shape index (κ1) is 19.9. The third kappa shape index (κ3) is 4.60. The van der Waals surface area contributed by atoms with Gasteiger partial charge in [0.15, 0.2) is 11.5 Å². The van der Waals surface area contributed by atoms with E-state index in [1.54, 1.807) is 25.1 Å². The van der Waals surface area contributed by atoms with Crippen LogP contribution in [-0.2, 0) is 4.79 Å². The Hall–Kier alpha value is -3.43. The van der Waals surface area contributed by atoms with Gasteiger partial charge in [0.05, 0.1) is 30.6 Å². The highest BCUT2D eigenvalue weighted by Crippen LogP contribution is 2.31. The minimum Gasteiger partial charge on any atom is -0.493 e. The predicted molar refractivity (Wildman–Crippen MR) is 102 cm³/mol. The Morgan fingerprint density at radius 1 is 1.19 bits per heavy atom. The van der Waals surface area contributed by atoms with Crippen molar-refractivity contribution in [3.8, 4) is 23.6 Å². The molecular weight excluding hydrogens is 366 g/mol. The number of aromatic nitrogens is 1. The number of hydrogen-bond acceptors (Lipinski definition) is 8. The maximum Gasteiger partial charge on any atom is 0.237 e. The lowest BCUT2D eigenvalue weighted by molar-refractivity contribution is -0.115. The molecule has 0 aliphatic heterocycles. The van der Waals surface area contributed by atoms with Crippen LogP contribution >= 0.6 is 11.8 Å². The maximum atomic E-state index is 12.5. The summed E-state index contributed by atoms with van der Waals surface area (Å²) in [5, 5.41) is 20.7. The van der Waals surface area contributed by atoms with Crippen LogP contribution in [0.15, 0.2) is 29.3 Å². The standard InChI is InChI=1S/C18H17N5O3S/c1-10(27-18-12(9-20)6-11(8-19)16(21)23-18)17(24)22-13-4-5-14(25-2)15(7-13)26-3/h4-7,10H,1-3H3,(H2,21,23)(H,22,24)/t10-/m1/s1. The number of amides is 1. The molecule has 0 aliphatic rings. The van der Waals surface area contributed by atoms with E-state index in [9.17, 15) is 10.1 Å². The highest BCUT2D eigenvalue weighted by molar-refractivity contribution is 8.00. The number of nitrogens with zero attached hydrogens (tertiary/aromatic N) is 3. The van der Waals surface area contributed by atoms with E-state index in [1.807, 2.05) is 12.1 Å². The van der Waals surface area contributed by atoms with E-state index < -0.39 is 5.25 Å². The van der Waals surface area contributed by atoms with Crippen LogP contribution in [0.2, 0.25) is 0 Å². The number of ether oxygens (including phenoxy) is 2. The van der Waals surface area contributed by atoms with Crippen LogP contribution in [0.5, 0.6) is 11.5 Å². The summed E-state index contributed by atoms with van der Waals surface area (Å²) >= 11 is 1.08. The third-order valence-electron chi connectivity index (χ3n) is 3.57. The number of carbonyl (C=O) groups excluding carboxylic acids is 1. The van der Waals surface area contributed by atoms with E-state index in [0.29, 0.717) is 22.2 Å². The van der Waals surface area contributed by atoms with Crippen LogP contribution in [0.1, 0.15) is 18.1 Å². The van der Waals surface area contributed by atoms with Crippen LogP contribution in [0, 0.1) is 22.7 Å². The molecule has 1 aromatic carbocycles. The predicted octanol–water partition coefficient (Wildman–Crippen LogP) is 2.54. The molecular formula is C18H17N5O3S. The van der Waals surface area contributed by atoms with Crippen molar-refractivity contribution in [2.75, 3.05) is 25.3 Å². The first-order valence-electron chi connectivity index (χ1n) is 7.73. The fraction of sp³-hybridized carbons (Fsp3) is 0.222. The zero-order valence-corrected chi connectivity index (χ0v) is 15.8. The minimum atomic E-state index is -0.565. The normalized spacial score (nSPS) is 11.0. The number of nitrogen functional groups attached to an aromatic ring is 1. The Bertz CT molecular complexity index is 949. The number of carbonyl (C=O) groups is 1. The number of benzene rings is 1. The zero-order valence-electron chi connectivity index (χ0n) is 14.9. The van der Waals surface area contributed by atoms with E-state index in [2.05, 4.69) is 10.3 Å². The number of methoxy groups -OCH3 is 2. The molecule has 0 bridgehead atoms. The average Bonchev–Trinajstić information content (AvgIpc) is 2.67. The number of thioether (sulfide) groups is 1. The molecule has 0 unspecified atom stereocenters. The van der Waals surface area contributed by atoms with Crippen molar-refractivity contribution in [3.63, 3.8) is 0 Å². The molecule has 0 radical (unpaired) electrons. The zero-order chi connectivity index (χ0) is 20.0. The van der Waals surface area contributed by atoms with Crippen molar-refractivity contribution in [2.24, 2.45) is 0 Å². The van der Waals surface area contributed by atoms with Gasteiger partial charge in [-0.05, 0) is 25.1 Å². The monoisotopic (exact) mass is 383 g/mol. The number of nitriles is 2. The maximum absolute atomic E-state index is 12.5. The van der Waals surface area contributed by atoms with Gasteiger partial charge in [-0.2, -0.15) is 10.5 Å². The molecule has 0 saturated heterocycles. The van der Waals surface area contributed by atoms with E-state index in [1.165, 1.54) is 20.3 Å². The highest BCUT2D eigenvalue weighted by Gasteiger charge is 2.19. The second kappa shape index (κ2) is 8.79. The molecule has 2 aromatic rings. The first-order chi connectivity index (χ1) is 12.9. The van der Waals surface area contributed by atoms with Gasteiger partial charge in [0.25, 0.3) is 0 Å². The second-order valence-electron chi connectivity index (χ2n) is 5.32. The summed E-state index contributed by atoms with van der Waals surface area (Å²) < 4.78 is 10.4. The van der Waals surface area contributed by atoms with Crippen LogP contribution in [0.4, 0.5) is 11.5 Å². The lowest BCUT2D eigenvalue weighted by atomic mass is 10.2. The quantitative estimate of drug-likeness (QED) is 0.727. The van der Waals surface area contributed by atoms with Crippen molar-refractivity contribution in [1.82, 2.24) is 4.98 Å². The van der Waals surface area contributed by atoms with Crippen LogP contribution < -0.4 is 20.5 Å². The van der Waals surface area contributed by atoms with Crippen molar-refractivity contribution >= 4 is 29.2 Å². The fourth-order valence-electron chi connectivity index (χ4n) is 2.15. The molecule has 0 aliphatic carbocycles. The topological polar surface area (TPSA) is 134 Å². The SMILES string of the molecule is COc1ccc(NC(=O)[C@@H](C)Sc2nc(N)c(C#N)cc2C#N)cc1OC. The first-order valence-corrected chi connectivity index (χ1v) is 8.61. The Balaban J connectivity index is 2.16. The van der Waals surface area contributed by atoms with Crippen molar-refractivity contribution < 1.29 is 14.3 Å². The molecule has 0 saturated carbocycles. The molecule has 0 spiro atoms. The summed E-state index contributed by atoms with van der Waals surface area (Å²) in [6, 6.07) is 10.2. The van der Waals surface area contributed by atoms with Crippen LogP contribution in [0.3, 0.4) is 0 Å². The molecule has 138 valence electrons. The van der Waals surface area contributed by atoms with Crippen molar-refractivity contribution in [2.45, 2.75) is 17.2 Å². The van der Waals surface area contributed by atoms with Gasteiger partial charge >= 0.3 is 0 Å². The molecule has 1 aromatic heterocycles. The smallest absolute Gasteiger partial charge is 0.237 e. The summed E-state index contributed by atoms with van der Waals surface area (Å²) in [6.07, 6.45) is 0. The molecule has 0 fully saturated rings. The van der Waals surface area contributed by atoms with Crippen molar-refractivity contribution in [3.05, 3.63) is 35.4 Å². The molecule has 27 heavy (non-hydrogen) atoms. The number of anilines is 2. The number of hydrogen-bond donors (Lipinski definition) is 2. The van der Waals surface area contributed by atoms with Gasteiger partial charge in [0.2, 0.25) is 5.91 Å². The van der Waals surface area contributed by atoms with Gasteiger partial charge in [0, 0.05) is 11.8 Å². The summed E-state index contributed by atoms with van der Waals surface area (Å²) in [6.45, 7) is 1.68. The van der Waals surface area contributed by atoms with E-state index in [4.69, 9.17) is 20.5 Å². The lowest BCUT2D eigenvalue weighted by Gasteiger charge is -2.14. The van der Waals surface area contributed by atoms with Gasteiger partial charge in [-0.1, -0.05) is 11.8 Å². The van der Waals surface area contributed by atoms with Crippen LogP contribution in [0.25, 0.3) is 0 Å². The molecule has 1 amide bonds. The van der Waals surface area contributed by atoms with Gasteiger partial charge in [-0.3, -0.25) is 4.79 Å². The molecule has 1 heterocycles. The molecule has 2 rings (SSSR count). The summed E-state index contributed by atoms with van der Waals surface area (Å²) in [4.78, 5) is 16.6. The summed E-state index contributed by atoms with van der Waals surface area (Å²) in [5.74, 6) is 0.769. The molecule has 3 N–H and O–H groups in total. The molecule has 1 atom stereocenters. The van der Waals surface area contributed by atoms with Gasteiger partial charge in [0.1, 0.15) is 23.0 Å². The number of pyridine rings is 1. The Kier molecular flexibility index (Phi) is 6.47. The van der Waals surface area contributed by atoms with E-state index in [0.717, 1.165) is 11.8 Å². The van der Waals surface area contributed by atoms with Crippen LogP contribution in [-0.4, -0.2) is 30.4 Å². The minimum absolute atomic E-state index is 0.0199. The number of nitrogens with one attached hydrogen (secondary N) is 1. The van der Waals surface area contributed by atoms with Gasteiger partial charge in [-0.15, -0.1) is 0 Å². The lowest BCUT2D eigenvalue weighted by Crippen LogP contribution is -2.22. The Morgan fingerprint density at radius 3 is 2.44 bits per heavy atom. The number of rotatable bonds is 6. The fourth-order valence-corrected chi connectivity index (χ4v) is 3.03. The van der Waals surface area contributed by atoms with E-state index in [-0.39, 0.29) is 22.9 Å². The van der Waals surface area contributed by atoms with Gasteiger partial charge in [-0.25, -0.2) is 4.98 Å². The Morgan fingerprint density at radius 2 is 1.85 bits per heavy atom. The highest BCUT2D eigenvalue weighted by atomic mass is 32.2. The van der Waals surface area contributed by atoms with Crippen molar-refractivity contribution in [1.29, 1.82) is 10.5 Å². The molecule has 9 heteroatoms. The average molecular weight is 383 g/mol. The second-order valence-corrected chi connectivity index (χ2v) is 6.65. The number of nitrogens with two attached hydrogens (primary N) is 1. The van der Waals surface area contributed by atoms with Gasteiger partial charge < -0.3 is 20.5 Å². The third-order valence-corrected chi connectivity index (χ3v) is 4.67. The largest absolute Gasteiger partial charge is 0.493 e. The Labute approximate surface area is 160 Å². The summed E-state index contributed by atoms with van der Waals surface area (Å²) in [7, 11) is 3.03. The van der Waals surface area contributed by atoms with E-state index >= 15 is 0 Å². The molecule has 8 nitrogen and oxygen atoms in total.